The minimum absolute atomic E-state index is 0.129. The predicted octanol–water partition coefficient (Wildman–Crippen LogP) is 3.40. The van der Waals surface area contributed by atoms with E-state index in [4.69, 9.17) is 4.98 Å². The zero-order valence-electron chi connectivity index (χ0n) is 12.9. The van der Waals surface area contributed by atoms with Crippen LogP contribution in [0.2, 0.25) is 0 Å². The quantitative estimate of drug-likeness (QED) is 0.920. The molecular formula is C15H27N3S. The fourth-order valence-corrected chi connectivity index (χ4v) is 3.87. The van der Waals surface area contributed by atoms with Crippen molar-refractivity contribution in [2.45, 2.75) is 52.5 Å². The summed E-state index contributed by atoms with van der Waals surface area (Å²) in [6, 6.07) is 0. The molecule has 0 atom stereocenters. The van der Waals surface area contributed by atoms with Crippen LogP contribution in [0.15, 0.2) is 0 Å². The van der Waals surface area contributed by atoms with Crippen LogP contribution in [0.25, 0.3) is 0 Å². The van der Waals surface area contributed by atoms with E-state index in [-0.39, 0.29) is 5.41 Å². The van der Waals surface area contributed by atoms with Gasteiger partial charge < -0.3 is 10.2 Å². The van der Waals surface area contributed by atoms with Gasteiger partial charge in [0, 0.05) is 29.9 Å². The van der Waals surface area contributed by atoms with Crippen molar-refractivity contribution in [3.63, 3.8) is 0 Å². The molecule has 19 heavy (non-hydrogen) atoms. The number of nitrogens with one attached hydrogen (secondary N) is 1. The van der Waals surface area contributed by atoms with E-state index in [1.807, 2.05) is 18.4 Å². The lowest BCUT2D eigenvalue weighted by molar-refractivity contribution is 0.437. The molecule has 0 amide bonds. The highest BCUT2D eigenvalue weighted by molar-refractivity contribution is 7.15. The molecular weight excluding hydrogens is 254 g/mol. The molecule has 0 bridgehead atoms. The first-order valence-electron chi connectivity index (χ1n) is 7.31. The first-order chi connectivity index (χ1) is 8.91. The maximum absolute atomic E-state index is 4.95. The molecule has 0 saturated carbocycles. The molecule has 1 N–H and O–H groups in total. The molecule has 1 aromatic rings. The first-order valence-corrected chi connectivity index (χ1v) is 8.13. The Hall–Kier alpha value is -0.610. The van der Waals surface area contributed by atoms with Crippen LogP contribution < -0.4 is 10.2 Å². The molecule has 0 unspecified atom stereocenters. The topological polar surface area (TPSA) is 28.2 Å². The zero-order chi connectivity index (χ0) is 14.0. The average molecular weight is 281 g/mol. The molecule has 2 heterocycles. The van der Waals surface area contributed by atoms with Gasteiger partial charge in [-0.2, -0.15) is 0 Å². The predicted molar refractivity (Wildman–Crippen MR) is 84.2 cm³/mol. The number of hydrogen-bond donors (Lipinski definition) is 1. The van der Waals surface area contributed by atoms with E-state index in [1.54, 1.807) is 0 Å². The third-order valence-corrected chi connectivity index (χ3v) is 4.90. The average Bonchev–Trinajstić information content (AvgIpc) is 2.74. The highest BCUT2D eigenvalue weighted by Gasteiger charge is 2.26. The Bertz CT molecular complexity index is 412. The number of nitrogens with zero attached hydrogens (tertiary/aromatic N) is 2. The van der Waals surface area contributed by atoms with Gasteiger partial charge >= 0.3 is 0 Å². The van der Waals surface area contributed by atoms with Crippen LogP contribution in [-0.4, -0.2) is 25.1 Å². The van der Waals surface area contributed by atoms with E-state index < -0.39 is 0 Å². The Morgan fingerprint density at radius 3 is 2.47 bits per heavy atom. The monoisotopic (exact) mass is 281 g/mol. The van der Waals surface area contributed by atoms with Crippen LogP contribution in [0.3, 0.4) is 0 Å². The minimum Gasteiger partial charge on any atom is -0.348 e. The smallest absolute Gasteiger partial charge is 0.185 e. The Morgan fingerprint density at radius 1 is 1.32 bits per heavy atom. The fourth-order valence-electron chi connectivity index (χ4n) is 2.54. The Kier molecular flexibility index (Phi) is 4.51. The third-order valence-electron chi connectivity index (χ3n) is 3.79. The molecule has 3 nitrogen and oxygen atoms in total. The molecule has 1 aliphatic rings. The van der Waals surface area contributed by atoms with Crippen LogP contribution in [-0.2, 0) is 12.0 Å². The van der Waals surface area contributed by atoms with Gasteiger partial charge in [-0.15, -0.1) is 11.3 Å². The van der Waals surface area contributed by atoms with Gasteiger partial charge in [-0.05, 0) is 25.8 Å². The van der Waals surface area contributed by atoms with Gasteiger partial charge in [0.15, 0.2) is 5.13 Å². The number of piperidine rings is 1. The summed E-state index contributed by atoms with van der Waals surface area (Å²) in [6.45, 7) is 12.4. The van der Waals surface area contributed by atoms with E-state index >= 15 is 0 Å². The van der Waals surface area contributed by atoms with Crippen LogP contribution in [0.1, 0.15) is 51.1 Å². The Morgan fingerprint density at radius 2 is 1.95 bits per heavy atom. The van der Waals surface area contributed by atoms with Crippen molar-refractivity contribution in [1.29, 1.82) is 0 Å². The Balaban J connectivity index is 2.22. The molecule has 0 radical (unpaired) electrons. The van der Waals surface area contributed by atoms with Gasteiger partial charge in [0.05, 0.1) is 5.69 Å². The zero-order valence-corrected chi connectivity index (χ0v) is 13.7. The molecule has 108 valence electrons. The first kappa shape index (κ1) is 14.8. The number of anilines is 1. The molecule has 1 fully saturated rings. The Labute approximate surface area is 121 Å². The fraction of sp³-hybridized carbons (Fsp3) is 0.800. The van der Waals surface area contributed by atoms with Gasteiger partial charge in [-0.1, -0.05) is 27.7 Å². The summed E-state index contributed by atoms with van der Waals surface area (Å²) >= 11 is 1.87. The van der Waals surface area contributed by atoms with Crippen molar-refractivity contribution in [2.24, 2.45) is 5.92 Å². The highest BCUT2D eigenvalue weighted by Crippen LogP contribution is 2.35. The van der Waals surface area contributed by atoms with Crippen LogP contribution in [0, 0.1) is 5.92 Å². The van der Waals surface area contributed by atoms with Gasteiger partial charge in [0.2, 0.25) is 0 Å². The number of hydrogen-bond acceptors (Lipinski definition) is 4. The van der Waals surface area contributed by atoms with Crippen LogP contribution in [0.5, 0.6) is 0 Å². The van der Waals surface area contributed by atoms with E-state index in [1.165, 1.54) is 28.5 Å². The van der Waals surface area contributed by atoms with Gasteiger partial charge in [0.1, 0.15) is 0 Å². The molecule has 0 aromatic carbocycles. The lowest BCUT2D eigenvalue weighted by Crippen LogP contribution is -2.32. The standard InChI is InChI=1S/C15H27N3S/c1-11-6-8-18(9-7-11)14-17-13(15(2,3)4)12(19-14)10-16-5/h11,16H,6-10H2,1-5H3. The van der Waals surface area contributed by atoms with Crippen molar-refractivity contribution >= 4 is 16.5 Å². The SMILES string of the molecule is CNCc1sc(N2CCC(C)CC2)nc1C(C)(C)C. The molecule has 1 saturated heterocycles. The maximum Gasteiger partial charge on any atom is 0.185 e. The second kappa shape index (κ2) is 5.80. The summed E-state index contributed by atoms with van der Waals surface area (Å²) in [5.41, 5.74) is 1.39. The third kappa shape index (κ3) is 3.48. The summed E-state index contributed by atoms with van der Waals surface area (Å²) in [5.74, 6) is 0.870. The minimum atomic E-state index is 0.129. The second-order valence-electron chi connectivity index (χ2n) is 6.72. The van der Waals surface area contributed by atoms with Crippen LogP contribution in [0.4, 0.5) is 5.13 Å². The molecule has 4 heteroatoms. The number of thiazole rings is 1. The summed E-state index contributed by atoms with van der Waals surface area (Å²) in [7, 11) is 2.01. The van der Waals surface area contributed by atoms with E-state index in [0.29, 0.717) is 0 Å². The van der Waals surface area contributed by atoms with Crippen molar-refractivity contribution < 1.29 is 0 Å². The summed E-state index contributed by atoms with van der Waals surface area (Å²) in [4.78, 5) is 8.82. The van der Waals surface area contributed by atoms with E-state index in [2.05, 4.69) is 37.9 Å². The van der Waals surface area contributed by atoms with Gasteiger partial charge in [0.25, 0.3) is 0 Å². The summed E-state index contributed by atoms with van der Waals surface area (Å²) in [6.07, 6.45) is 2.59. The van der Waals surface area contributed by atoms with Gasteiger partial charge in [-0.25, -0.2) is 4.98 Å². The molecule has 0 spiro atoms. The molecule has 1 aliphatic heterocycles. The van der Waals surface area contributed by atoms with Crippen molar-refractivity contribution in [3.05, 3.63) is 10.6 Å². The van der Waals surface area contributed by atoms with E-state index in [0.717, 1.165) is 25.6 Å². The molecule has 0 aliphatic carbocycles. The van der Waals surface area contributed by atoms with Crippen molar-refractivity contribution in [2.75, 3.05) is 25.0 Å². The van der Waals surface area contributed by atoms with Crippen molar-refractivity contribution in [3.8, 4) is 0 Å². The van der Waals surface area contributed by atoms with E-state index in [9.17, 15) is 0 Å². The molecule has 1 aromatic heterocycles. The number of aromatic nitrogens is 1. The number of rotatable bonds is 3. The second-order valence-corrected chi connectivity index (χ2v) is 7.78. The lowest BCUT2D eigenvalue weighted by atomic mass is 9.91. The lowest BCUT2D eigenvalue weighted by Gasteiger charge is -2.30. The molecule has 2 rings (SSSR count). The van der Waals surface area contributed by atoms with Gasteiger partial charge in [-0.3, -0.25) is 0 Å². The van der Waals surface area contributed by atoms with Crippen LogP contribution >= 0.6 is 11.3 Å². The highest BCUT2D eigenvalue weighted by atomic mass is 32.1. The summed E-state index contributed by atoms with van der Waals surface area (Å²) in [5, 5.41) is 4.50. The maximum atomic E-state index is 4.95. The normalized spacial score (nSPS) is 18.1. The largest absolute Gasteiger partial charge is 0.348 e. The summed E-state index contributed by atoms with van der Waals surface area (Å²) < 4.78 is 0. The van der Waals surface area contributed by atoms with Crippen molar-refractivity contribution in [1.82, 2.24) is 10.3 Å².